The summed E-state index contributed by atoms with van der Waals surface area (Å²) in [5.41, 5.74) is 13.5. The Morgan fingerprint density at radius 2 is 1.68 bits per heavy atom. The van der Waals surface area contributed by atoms with E-state index in [0.717, 1.165) is 22.8 Å². The van der Waals surface area contributed by atoms with Crippen LogP contribution in [0.5, 0.6) is 11.5 Å². The molecule has 1 aromatic heterocycles. The number of benzene rings is 2. The van der Waals surface area contributed by atoms with Crippen LogP contribution in [0.15, 0.2) is 60.9 Å². The summed E-state index contributed by atoms with van der Waals surface area (Å²) < 4.78 is 0. The highest BCUT2D eigenvalue weighted by molar-refractivity contribution is 8.14. The minimum atomic E-state index is -1.30. The molecular formula is C26H25N7O7S. The van der Waals surface area contributed by atoms with Crippen LogP contribution in [0.25, 0.3) is 11.4 Å². The lowest BCUT2D eigenvalue weighted by atomic mass is 10.1. The summed E-state index contributed by atoms with van der Waals surface area (Å²) >= 11 is 1.10. The molecule has 15 heteroatoms. The minimum absolute atomic E-state index is 0.0595. The number of hydrogen-bond donors (Lipinski definition) is 8. The molecule has 0 unspecified atom stereocenters. The van der Waals surface area contributed by atoms with Gasteiger partial charge in [0.25, 0.3) is 0 Å². The molecule has 0 radical (unpaired) electrons. The molecule has 4 rings (SSSR count). The van der Waals surface area contributed by atoms with Crippen LogP contribution < -0.4 is 32.6 Å². The number of nitrogens with zero attached hydrogens (tertiary/aromatic N) is 3. The first-order valence-electron chi connectivity index (χ1n) is 11.8. The third kappa shape index (κ3) is 6.33. The highest BCUT2D eigenvalue weighted by Gasteiger charge is 2.21. The van der Waals surface area contributed by atoms with E-state index >= 15 is 0 Å². The molecule has 0 aliphatic carbocycles. The lowest BCUT2D eigenvalue weighted by Gasteiger charge is -2.16. The predicted octanol–water partition coefficient (Wildman–Crippen LogP) is 2.25. The fourth-order valence-electron chi connectivity index (χ4n) is 3.73. The summed E-state index contributed by atoms with van der Waals surface area (Å²) in [5, 5.41) is 40.6. The third-order valence-corrected chi connectivity index (χ3v) is 6.54. The number of aromatic hydroxyl groups is 2. The van der Waals surface area contributed by atoms with Gasteiger partial charge in [0.05, 0.1) is 40.4 Å². The van der Waals surface area contributed by atoms with Crippen molar-refractivity contribution in [2.24, 2.45) is 11.6 Å². The molecule has 41 heavy (non-hydrogen) atoms. The van der Waals surface area contributed by atoms with Gasteiger partial charge in [-0.3, -0.25) is 20.2 Å². The number of aromatic carboxylic acids is 2. The van der Waals surface area contributed by atoms with E-state index in [0.29, 0.717) is 28.4 Å². The molecule has 0 saturated carbocycles. The summed E-state index contributed by atoms with van der Waals surface area (Å²) in [6.45, 7) is 1.84. The Morgan fingerprint density at radius 1 is 1.02 bits per heavy atom. The van der Waals surface area contributed by atoms with Crippen molar-refractivity contribution < 1.29 is 34.8 Å². The number of hydrazine groups is 3. The lowest BCUT2D eigenvalue weighted by Crippen LogP contribution is -2.36. The second kappa shape index (κ2) is 11.9. The fourth-order valence-corrected chi connectivity index (χ4v) is 4.28. The van der Waals surface area contributed by atoms with Gasteiger partial charge in [-0.2, -0.15) is 0 Å². The van der Waals surface area contributed by atoms with Crippen molar-refractivity contribution in [1.29, 1.82) is 0 Å². The average molecular weight is 580 g/mol. The van der Waals surface area contributed by atoms with E-state index in [1.54, 1.807) is 12.3 Å². The number of nitrogens with two attached hydrogens (primary N) is 2. The Balaban J connectivity index is 1.68. The number of hydrogen-bond acceptors (Lipinski definition) is 13. The van der Waals surface area contributed by atoms with Crippen LogP contribution in [0.1, 0.15) is 49.4 Å². The van der Waals surface area contributed by atoms with Crippen LogP contribution in [0.2, 0.25) is 0 Å². The fraction of sp³-hybridized carbons (Fsp3) is 0.0769. The number of carboxylic acid groups (broad SMARTS) is 2. The largest absolute Gasteiger partial charge is 0.507 e. The first-order chi connectivity index (χ1) is 19.5. The number of rotatable bonds is 9. The van der Waals surface area contributed by atoms with E-state index < -0.39 is 23.4 Å². The van der Waals surface area contributed by atoms with Gasteiger partial charge in [-0.1, -0.05) is 18.7 Å². The summed E-state index contributed by atoms with van der Waals surface area (Å²) in [6.07, 6.45) is 2.89. The number of carbonyl (C=O) groups excluding carboxylic acids is 1. The Morgan fingerprint density at radius 3 is 2.29 bits per heavy atom. The maximum absolute atomic E-state index is 12.8. The van der Waals surface area contributed by atoms with Crippen LogP contribution in [0.4, 0.5) is 11.4 Å². The summed E-state index contributed by atoms with van der Waals surface area (Å²) in [4.78, 5) is 39.7. The molecule has 0 saturated heterocycles. The second-order valence-electron chi connectivity index (χ2n) is 8.50. The second-order valence-corrected chi connectivity index (χ2v) is 9.74. The molecule has 212 valence electrons. The maximum atomic E-state index is 12.8. The summed E-state index contributed by atoms with van der Waals surface area (Å²) in [7, 11) is 0. The van der Waals surface area contributed by atoms with Crippen molar-refractivity contribution in [2.45, 2.75) is 6.92 Å². The molecule has 10 N–H and O–H groups in total. The number of anilines is 2. The highest BCUT2D eigenvalue weighted by Crippen LogP contribution is 2.28. The molecule has 1 aliphatic rings. The van der Waals surface area contributed by atoms with E-state index in [-0.39, 0.29) is 33.3 Å². The van der Waals surface area contributed by atoms with E-state index in [4.69, 9.17) is 21.8 Å². The molecular weight excluding hydrogens is 554 g/mol. The van der Waals surface area contributed by atoms with Crippen molar-refractivity contribution >= 4 is 51.6 Å². The van der Waals surface area contributed by atoms with E-state index in [1.165, 1.54) is 47.6 Å². The molecule has 14 nitrogen and oxygen atoms in total. The number of thioether (sulfide) groups is 1. The first kappa shape index (κ1) is 28.8. The van der Waals surface area contributed by atoms with Gasteiger partial charge in [-0.05, 0) is 42.2 Å². The van der Waals surface area contributed by atoms with Crippen molar-refractivity contribution in [3.63, 3.8) is 0 Å². The van der Waals surface area contributed by atoms with Gasteiger partial charge in [0.1, 0.15) is 22.6 Å². The average Bonchev–Trinajstić information content (AvgIpc) is 3.43. The van der Waals surface area contributed by atoms with Gasteiger partial charge >= 0.3 is 11.9 Å². The zero-order chi connectivity index (χ0) is 29.8. The number of carbonyl (C=O) groups is 3. The molecule has 3 aromatic rings. The van der Waals surface area contributed by atoms with Gasteiger partial charge < -0.3 is 26.2 Å². The van der Waals surface area contributed by atoms with Crippen molar-refractivity contribution in [3.8, 4) is 11.5 Å². The Labute approximate surface area is 237 Å². The maximum Gasteiger partial charge on any atom is 0.339 e. The van der Waals surface area contributed by atoms with E-state index in [9.17, 15) is 24.6 Å². The topological polar surface area (TPSA) is 228 Å². The standard InChI is InChI=1S/C26H25N7O7S/c1-2-41-26(40)13-7-19(18(27)11-32(28)14-3-5-16(24(36)37)22(34)9-14)29-20(8-13)21-12-33(31-30-21)15-4-6-17(25(38)39)23(35)10-15/h3-12,30-31,34-35H,2,27-28H2,1H3,(H,36,37)(H,38,39)/b18-11-. The number of pyridine rings is 1. The predicted molar refractivity (Wildman–Crippen MR) is 152 cm³/mol. The first-order valence-corrected chi connectivity index (χ1v) is 12.8. The SMILES string of the molecule is CCSC(=O)c1cc(C2=CN(c3ccc(C(=O)O)c(O)c3)NN2)nc(/C(N)=C/N(N)c2ccc(C(=O)O)c(O)c2)c1. The molecule has 0 atom stereocenters. The quantitative estimate of drug-likeness (QED) is 0.134. The summed E-state index contributed by atoms with van der Waals surface area (Å²) in [6, 6.07) is 10.8. The molecule has 0 spiro atoms. The van der Waals surface area contributed by atoms with Crippen LogP contribution in [0.3, 0.4) is 0 Å². The van der Waals surface area contributed by atoms with Gasteiger partial charge in [-0.15, -0.1) is 5.53 Å². The van der Waals surface area contributed by atoms with Gasteiger partial charge in [0.2, 0.25) is 5.12 Å². The Kier molecular flexibility index (Phi) is 8.32. The minimum Gasteiger partial charge on any atom is -0.507 e. The zero-order valence-corrected chi connectivity index (χ0v) is 22.2. The molecule has 0 bridgehead atoms. The van der Waals surface area contributed by atoms with Crippen LogP contribution >= 0.6 is 11.8 Å². The monoisotopic (exact) mass is 579 g/mol. The van der Waals surface area contributed by atoms with E-state index in [1.807, 2.05) is 6.92 Å². The van der Waals surface area contributed by atoms with Gasteiger partial charge in [-0.25, -0.2) is 20.4 Å². The third-order valence-electron chi connectivity index (χ3n) is 5.76. The van der Waals surface area contributed by atoms with Crippen molar-refractivity contribution in [1.82, 2.24) is 15.9 Å². The lowest BCUT2D eigenvalue weighted by molar-refractivity contribution is 0.0682. The number of phenols is 2. The molecule has 2 heterocycles. The van der Waals surface area contributed by atoms with Gasteiger partial charge in [0, 0.05) is 23.9 Å². The number of carboxylic acids is 2. The van der Waals surface area contributed by atoms with Crippen molar-refractivity contribution in [3.05, 3.63) is 89.0 Å². The number of nitrogens with one attached hydrogen (secondary N) is 2. The molecule has 2 aromatic carbocycles. The zero-order valence-electron chi connectivity index (χ0n) is 21.4. The summed E-state index contributed by atoms with van der Waals surface area (Å²) in [5.74, 6) is 3.15. The molecule has 0 fully saturated rings. The van der Waals surface area contributed by atoms with Crippen LogP contribution in [-0.4, -0.2) is 48.2 Å². The molecule has 0 amide bonds. The van der Waals surface area contributed by atoms with E-state index in [2.05, 4.69) is 15.9 Å². The molecule has 1 aliphatic heterocycles. The highest BCUT2D eigenvalue weighted by atomic mass is 32.2. The Bertz CT molecular complexity index is 1610. The Hall–Kier alpha value is -5.25. The normalized spacial score (nSPS) is 13.0. The van der Waals surface area contributed by atoms with Crippen LogP contribution in [-0.2, 0) is 0 Å². The smallest absolute Gasteiger partial charge is 0.339 e. The van der Waals surface area contributed by atoms with Crippen molar-refractivity contribution in [2.75, 3.05) is 15.8 Å². The number of aromatic nitrogens is 1. The van der Waals surface area contributed by atoms with Crippen LogP contribution in [0, 0.1) is 0 Å². The van der Waals surface area contributed by atoms with Gasteiger partial charge in [0.15, 0.2) is 0 Å².